The van der Waals surface area contributed by atoms with Crippen LogP contribution in [-0.4, -0.2) is 30.7 Å². The van der Waals surface area contributed by atoms with Crippen molar-refractivity contribution in [1.82, 2.24) is 24.8 Å². The van der Waals surface area contributed by atoms with E-state index in [1.807, 2.05) is 19.1 Å². The summed E-state index contributed by atoms with van der Waals surface area (Å²) in [5, 5.41) is 15.1. The number of hydrogen-bond acceptors (Lipinski definition) is 5. The van der Waals surface area contributed by atoms with Gasteiger partial charge in [0.2, 0.25) is 0 Å². The first kappa shape index (κ1) is 13.4. The molecular weight excluding hydrogens is 292 g/mol. The zero-order valence-corrected chi connectivity index (χ0v) is 12.1. The number of aromatic nitrogens is 5. The summed E-state index contributed by atoms with van der Waals surface area (Å²) >= 11 is 5.97. The van der Waals surface area contributed by atoms with Crippen molar-refractivity contribution in [2.45, 2.75) is 13.8 Å². The second-order valence-electron chi connectivity index (χ2n) is 4.58. The predicted octanol–water partition coefficient (Wildman–Crippen LogP) is 2.04. The lowest BCUT2D eigenvalue weighted by Gasteiger charge is -2.08. The quantitative estimate of drug-likeness (QED) is 0.783. The SMILES string of the molecule is Cc1cc(Cl)cc(NC(=O)c2nnc3ncnn3c2C)c1. The van der Waals surface area contributed by atoms with Crippen LogP contribution in [-0.2, 0) is 0 Å². The second-order valence-corrected chi connectivity index (χ2v) is 5.01. The van der Waals surface area contributed by atoms with Crippen LogP contribution in [0.2, 0.25) is 5.02 Å². The minimum Gasteiger partial charge on any atom is -0.320 e. The third-order valence-electron chi connectivity index (χ3n) is 2.94. The number of rotatable bonds is 2. The van der Waals surface area contributed by atoms with E-state index in [1.54, 1.807) is 13.0 Å². The van der Waals surface area contributed by atoms with Crippen LogP contribution in [0.4, 0.5) is 5.69 Å². The summed E-state index contributed by atoms with van der Waals surface area (Å²) in [4.78, 5) is 16.2. The van der Waals surface area contributed by atoms with Crippen molar-refractivity contribution < 1.29 is 4.79 Å². The van der Waals surface area contributed by atoms with Crippen molar-refractivity contribution in [2.24, 2.45) is 0 Å². The molecule has 3 aromatic rings. The Morgan fingerprint density at radius 1 is 1.24 bits per heavy atom. The van der Waals surface area contributed by atoms with E-state index in [1.165, 1.54) is 10.8 Å². The third-order valence-corrected chi connectivity index (χ3v) is 3.16. The van der Waals surface area contributed by atoms with Gasteiger partial charge in [0.05, 0.1) is 5.69 Å². The molecule has 3 rings (SSSR count). The molecule has 0 saturated heterocycles. The highest BCUT2D eigenvalue weighted by Gasteiger charge is 2.16. The zero-order valence-electron chi connectivity index (χ0n) is 11.3. The van der Waals surface area contributed by atoms with E-state index in [0.717, 1.165) is 5.56 Å². The molecule has 2 heterocycles. The van der Waals surface area contributed by atoms with Gasteiger partial charge >= 0.3 is 0 Å². The number of halogens is 1. The topological polar surface area (TPSA) is 85.1 Å². The van der Waals surface area contributed by atoms with E-state index in [0.29, 0.717) is 22.2 Å². The minimum atomic E-state index is -0.376. The van der Waals surface area contributed by atoms with Gasteiger partial charge in [-0.3, -0.25) is 4.79 Å². The Morgan fingerprint density at radius 3 is 2.81 bits per heavy atom. The molecule has 1 amide bonds. The Hall–Kier alpha value is -2.54. The normalized spacial score (nSPS) is 10.8. The van der Waals surface area contributed by atoms with Crippen molar-refractivity contribution in [2.75, 3.05) is 5.32 Å². The molecule has 21 heavy (non-hydrogen) atoms. The van der Waals surface area contributed by atoms with Crippen LogP contribution in [0.5, 0.6) is 0 Å². The molecule has 0 bridgehead atoms. The number of benzene rings is 1. The second kappa shape index (κ2) is 5.10. The summed E-state index contributed by atoms with van der Waals surface area (Å²) in [7, 11) is 0. The molecular formula is C13H11ClN6O. The van der Waals surface area contributed by atoms with Crippen LogP contribution in [0.3, 0.4) is 0 Å². The van der Waals surface area contributed by atoms with Crippen molar-refractivity contribution in [3.8, 4) is 0 Å². The van der Waals surface area contributed by atoms with Crippen molar-refractivity contribution in [3.05, 3.63) is 46.5 Å². The third kappa shape index (κ3) is 2.55. The van der Waals surface area contributed by atoms with Crippen LogP contribution < -0.4 is 5.32 Å². The molecule has 0 fully saturated rings. The number of nitrogens with zero attached hydrogens (tertiary/aromatic N) is 5. The Morgan fingerprint density at radius 2 is 2.05 bits per heavy atom. The van der Waals surface area contributed by atoms with Gasteiger partial charge in [0.1, 0.15) is 6.33 Å². The molecule has 106 valence electrons. The van der Waals surface area contributed by atoms with E-state index in [2.05, 4.69) is 25.6 Å². The van der Waals surface area contributed by atoms with Gasteiger partial charge in [0.15, 0.2) is 5.69 Å². The molecule has 0 aliphatic heterocycles. The van der Waals surface area contributed by atoms with Crippen molar-refractivity contribution >= 4 is 29.0 Å². The lowest BCUT2D eigenvalue weighted by Crippen LogP contribution is -2.18. The van der Waals surface area contributed by atoms with Gasteiger partial charge in [-0.1, -0.05) is 11.6 Å². The molecule has 0 spiro atoms. The fraction of sp³-hybridized carbons (Fsp3) is 0.154. The molecule has 0 atom stereocenters. The lowest BCUT2D eigenvalue weighted by molar-refractivity contribution is 0.102. The molecule has 0 radical (unpaired) electrons. The highest BCUT2D eigenvalue weighted by Crippen LogP contribution is 2.19. The van der Waals surface area contributed by atoms with Gasteiger partial charge in [-0.2, -0.15) is 14.6 Å². The summed E-state index contributed by atoms with van der Waals surface area (Å²) in [5.41, 5.74) is 2.30. The number of carbonyl (C=O) groups is 1. The number of anilines is 1. The first-order valence-electron chi connectivity index (χ1n) is 6.16. The maximum atomic E-state index is 12.3. The van der Waals surface area contributed by atoms with E-state index in [4.69, 9.17) is 11.6 Å². The number of aryl methyl sites for hydroxylation is 2. The van der Waals surface area contributed by atoms with Gasteiger partial charge in [-0.15, -0.1) is 10.2 Å². The average molecular weight is 303 g/mol. The number of hydrogen-bond donors (Lipinski definition) is 1. The van der Waals surface area contributed by atoms with E-state index in [9.17, 15) is 4.79 Å². The molecule has 2 aromatic heterocycles. The first-order chi connectivity index (χ1) is 10.0. The maximum absolute atomic E-state index is 12.3. The fourth-order valence-corrected chi connectivity index (χ4v) is 2.31. The largest absolute Gasteiger partial charge is 0.320 e. The highest BCUT2D eigenvalue weighted by molar-refractivity contribution is 6.31. The van der Waals surface area contributed by atoms with Gasteiger partial charge in [-0.05, 0) is 37.6 Å². The van der Waals surface area contributed by atoms with Gasteiger partial charge in [0, 0.05) is 10.7 Å². The lowest BCUT2D eigenvalue weighted by atomic mass is 10.2. The van der Waals surface area contributed by atoms with Gasteiger partial charge in [0.25, 0.3) is 11.7 Å². The number of amides is 1. The Balaban J connectivity index is 1.95. The average Bonchev–Trinajstić information content (AvgIpc) is 2.86. The summed E-state index contributed by atoms with van der Waals surface area (Å²) in [6.07, 6.45) is 1.36. The van der Waals surface area contributed by atoms with Crippen LogP contribution in [0, 0.1) is 13.8 Å². The maximum Gasteiger partial charge on any atom is 0.278 e. The van der Waals surface area contributed by atoms with Crippen LogP contribution in [0.25, 0.3) is 5.78 Å². The number of nitrogens with one attached hydrogen (secondary N) is 1. The molecule has 7 nitrogen and oxygen atoms in total. The molecule has 0 aliphatic carbocycles. The Labute approximate surface area is 125 Å². The minimum absolute atomic E-state index is 0.186. The molecule has 8 heteroatoms. The summed E-state index contributed by atoms with van der Waals surface area (Å²) in [6, 6.07) is 5.30. The summed E-state index contributed by atoms with van der Waals surface area (Å²) in [6.45, 7) is 3.63. The smallest absolute Gasteiger partial charge is 0.278 e. The Kier molecular flexibility index (Phi) is 3.26. The van der Waals surface area contributed by atoms with E-state index in [-0.39, 0.29) is 11.6 Å². The zero-order chi connectivity index (χ0) is 15.0. The number of carbonyl (C=O) groups excluding carboxylic acids is 1. The predicted molar refractivity (Wildman–Crippen MR) is 77.5 cm³/mol. The molecule has 0 saturated carbocycles. The van der Waals surface area contributed by atoms with Crippen LogP contribution in [0.1, 0.15) is 21.7 Å². The molecule has 1 aromatic carbocycles. The molecule has 0 unspecified atom stereocenters. The van der Waals surface area contributed by atoms with Crippen molar-refractivity contribution in [3.63, 3.8) is 0 Å². The fourth-order valence-electron chi connectivity index (χ4n) is 2.02. The highest BCUT2D eigenvalue weighted by atomic mass is 35.5. The van der Waals surface area contributed by atoms with Crippen LogP contribution >= 0.6 is 11.6 Å². The van der Waals surface area contributed by atoms with Gasteiger partial charge in [-0.25, -0.2) is 0 Å². The number of fused-ring (bicyclic) bond motifs is 1. The molecule has 0 aliphatic rings. The van der Waals surface area contributed by atoms with Gasteiger partial charge < -0.3 is 5.32 Å². The first-order valence-corrected chi connectivity index (χ1v) is 6.54. The standard InChI is InChI=1S/C13H11ClN6O/c1-7-3-9(14)5-10(4-7)17-12(21)11-8(2)20-13(19-18-11)15-6-16-20/h3-6H,1-2H3,(H,17,21). The summed E-state index contributed by atoms with van der Waals surface area (Å²) in [5.74, 6) is -0.0262. The van der Waals surface area contributed by atoms with E-state index >= 15 is 0 Å². The molecule has 1 N–H and O–H groups in total. The summed E-state index contributed by atoms with van der Waals surface area (Å²) < 4.78 is 1.46. The van der Waals surface area contributed by atoms with Crippen LogP contribution in [0.15, 0.2) is 24.5 Å². The van der Waals surface area contributed by atoms with E-state index < -0.39 is 0 Å². The van der Waals surface area contributed by atoms with Crippen molar-refractivity contribution in [1.29, 1.82) is 0 Å². The monoisotopic (exact) mass is 302 g/mol. The Bertz CT molecular complexity index is 824.